The van der Waals surface area contributed by atoms with E-state index in [4.69, 9.17) is 4.52 Å². The second kappa shape index (κ2) is 7.09. The van der Waals surface area contributed by atoms with Gasteiger partial charge in [0.2, 0.25) is 11.7 Å². The quantitative estimate of drug-likeness (QED) is 0.621. The first-order valence-electron chi connectivity index (χ1n) is 7.82. The molecule has 0 aliphatic rings. The third-order valence-corrected chi connectivity index (χ3v) is 4.86. The Morgan fingerprint density at radius 3 is 2.84 bits per heavy atom. The lowest BCUT2D eigenvalue weighted by molar-refractivity contribution is 0.389. The van der Waals surface area contributed by atoms with Gasteiger partial charge in [-0.15, -0.1) is 5.10 Å². The van der Waals surface area contributed by atoms with Crippen molar-refractivity contribution >= 4 is 9.84 Å². The minimum atomic E-state index is -3.54. The number of benzene rings is 1. The van der Waals surface area contributed by atoms with Crippen LogP contribution in [-0.4, -0.2) is 38.8 Å². The summed E-state index contributed by atoms with van der Waals surface area (Å²) in [7, 11) is -3.54. The molecular weight excluding hydrogens is 344 g/mol. The molecule has 1 aromatic carbocycles. The minimum absolute atomic E-state index is 0.0472. The molecule has 0 atom stereocenters. The lowest BCUT2D eigenvalue weighted by Crippen LogP contribution is -2.13. The fourth-order valence-corrected chi connectivity index (χ4v) is 3.56. The molecule has 3 rings (SSSR count). The predicted molar refractivity (Wildman–Crippen MR) is 88.9 cm³/mol. The smallest absolute Gasteiger partial charge is 0.242 e. The summed E-state index contributed by atoms with van der Waals surface area (Å²) in [6, 6.07) is 7.58. The molecule has 0 fully saturated rings. The highest BCUT2D eigenvalue weighted by molar-refractivity contribution is 7.89. The van der Waals surface area contributed by atoms with Gasteiger partial charge in [0, 0.05) is 12.1 Å². The fraction of sp³-hybridized carbons (Fsp3) is 0.400. The molecule has 0 spiro atoms. The van der Waals surface area contributed by atoms with Crippen molar-refractivity contribution in [2.75, 3.05) is 0 Å². The Bertz CT molecular complexity index is 963. The number of sulfone groups is 1. The van der Waals surface area contributed by atoms with Crippen molar-refractivity contribution in [2.45, 2.75) is 38.3 Å². The maximum Gasteiger partial charge on any atom is 0.242 e. The summed E-state index contributed by atoms with van der Waals surface area (Å²) in [6.45, 7) is 4.48. The van der Waals surface area contributed by atoms with Gasteiger partial charge in [-0.1, -0.05) is 35.8 Å². The SMILES string of the molecule is CCCn1nnnc1CS(=O)(=O)Cc1nc(-c2cccc(C)c2)no1. The molecule has 2 heterocycles. The monoisotopic (exact) mass is 362 g/mol. The van der Waals surface area contributed by atoms with Gasteiger partial charge in [0.15, 0.2) is 15.7 Å². The Morgan fingerprint density at radius 2 is 2.08 bits per heavy atom. The highest BCUT2D eigenvalue weighted by Gasteiger charge is 2.22. The van der Waals surface area contributed by atoms with Crippen LogP contribution in [0.3, 0.4) is 0 Å². The molecule has 0 amide bonds. The molecule has 3 aromatic rings. The number of nitrogens with zero attached hydrogens (tertiary/aromatic N) is 6. The standard InChI is InChI=1S/C15H18N6O3S/c1-3-7-21-13(17-19-20-21)9-25(22,23)10-14-16-15(18-24-14)12-6-4-5-11(2)8-12/h4-6,8H,3,7,9-10H2,1-2H3. The predicted octanol–water partition coefficient (Wildman–Crippen LogP) is 1.56. The first-order chi connectivity index (χ1) is 12.0. The molecule has 9 nitrogen and oxygen atoms in total. The average molecular weight is 362 g/mol. The van der Waals surface area contributed by atoms with E-state index < -0.39 is 9.84 Å². The zero-order valence-corrected chi connectivity index (χ0v) is 14.8. The van der Waals surface area contributed by atoms with Gasteiger partial charge in [-0.05, 0) is 29.8 Å². The van der Waals surface area contributed by atoms with E-state index in [1.165, 1.54) is 4.68 Å². The second-order valence-electron chi connectivity index (χ2n) is 5.73. The summed E-state index contributed by atoms with van der Waals surface area (Å²) in [5.74, 6) is 0.0865. The first kappa shape index (κ1) is 17.2. The number of hydrogen-bond donors (Lipinski definition) is 0. The summed E-state index contributed by atoms with van der Waals surface area (Å²) in [5, 5.41) is 15.0. The van der Waals surface area contributed by atoms with E-state index in [-0.39, 0.29) is 17.4 Å². The van der Waals surface area contributed by atoms with Gasteiger partial charge in [-0.2, -0.15) is 4.98 Å². The molecular formula is C15H18N6O3S. The van der Waals surface area contributed by atoms with E-state index in [0.717, 1.165) is 17.5 Å². The van der Waals surface area contributed by atoms with Gasteiger partial charge in [-0.3, -0.25) is 0 Å². The molecule has 25 heavy (non-hydrogen) atoms. The molecule has 0 saturated carbocycles. The third kappa shape index (κ3) is 4.27. The van der Waals surface area contributed by atoms with E-state index in [1.54, 1.807) is 0 Å². The Kier molecular flexibility index (Phi) is 4.88. The Balaban J connectivity index is 1.74. The summed E-state index contributed by atoms with van der Waals surface area (Å²) in [4.78, 5) is 4.18. The molecule has 0 aliphatic carbocycles. The number of rotatable bonds is 7. The molecule has 0 aliphatic heterocycles. The average Bonchev–Trinajstić information content (AvgIpc) is 3.17. The zero-order valence-electron chi connectivity index (χ0n) is 14.0. The van der Waals surface area contributed by atoms with Crippen LogP contribution < -0.4 is 0 Å². The van der Waals surface area contributed by atoms with Crippen molar-refractivity contribution < 1.29 is 12.9 Å². The van der Waals surface area contributed by atoms with Crippen molar-refractivity contribution in [1.82, 2.24) is 30.3 Å². The lowest BCUT2D eigenvalue weighted by Gasteiger charge is -2.02. The van der Waals surface area contributed by atoms with Gasteiger partial charge < -0.3 is 4.52 Å². The van der Waals surface area contributed by atoms with E-state index in [0.29, 0.717) is 18.2 Å². The second-order valence-corrected chi connectivity index (χ2v) is 7.80. The van der Waals surface area contributed by atoms with Crippen LogP contribution in [0.5, 0.6) is 0 Å². The highest BCUT2D eigenvalue weighted by atomic mass is 32.2. The van der Waals surface area contributed by atoms with Crippen LogP contribution in [0.15, 0.2) is 28.8 Å². The summed E-state index contributed by atoms with van der Waals surface area (Å²) in [6.07, 6.45) is 0.807. The maximum atomic E-state index is 12.4. The number of aryl methyl sites for hydroxylation is 2. The van der Waals surface area contributed by atoms with Crippen molar-refractivity contribution in [3.8, 4) is 11.4 Å². The van der Waals surface area contributed by atoms with Crippen molar-refractivity contribution in [3.05, 3.63) is 41.5 Å². The van der Waals surface area contributed by atoms with Crippen LogP contribution in [0.4, 0.5) is 0 Å². The Morgan fingerprint density at radius 1 is 1.24 bits per heavy atom. The third-order valence-electron chi connectivity index (χ3n) is 3.48. The number of aromatic nitrogens is 6. The molecule has 132 valence electrons. The largest absolute Gasteiger partial charge is 0.338 e. The molecule has 2 aromatic heterocycles. The van der Waals surface area contributed by atoms with Crippen LogP contribution >= 0.6 is 0 Å². The highest BCUT2D eigenvalue weighted by Crippen LogP contribution is 2.18. The van der Waals surface area contributed by atoms with Crippen LogP contribution in [0.25, 0.3) is 11.4 Å². The summed E-state index contributed by atoms with van der Waals surface area (Å²) < 4.78 is 31.4. The summed E-state index contributed by atoms with van der Waals surface area (Å²) in [5.41, 5.74) is 1.83. The number of hydrogen-bond acceptors (Lipinski definition) is 8. The molecule has 0 saturated heterocycles. The first-order valence-corrected chi connectivity index (χ1v) is 9.64. The topological polar surface area (TPSA) is 117 Å². The van der Waals surface area contributed by atoms with Gasteiger partial charge in [0.25, 0.3) is 0 Å². The van der Waals surface area contributed by atoms with E-state index in [1.807, 2.05) is 38.1 Å². The van der Waals surface area contributed by atoms with Crippen LogP contribution in [0, 0.1) is 6.92 Å². The van der Waals surface area contributed by atoms with E-state index in [2.05, 4.69) is 25.7 Å². The fourth-order valence-electron chi connectivity index (χ4n) is 2.36. The molecule has 0 unspecified atom stereocenters. The van der Waals surface area contributed by atoms with Crippen LogP contribution in [0.2, 0.25) is 0 Å². The van der Waals surface area contributed by atoms with Gasteiger partial charge in [-0.25, -0.2) is 13.1 Å². The Labute approximate surface area is 145 Å². The van der Waals surface area contributed by atoms with E-state index >= 15 is 0 Å². The Hall–Kier alpha value is -2.62. The maximum absolute atomic E-state index is 12.4. The minimum Gasteiger partial charge on any atom is -0.338 e. The van der Waals surface area contributed by atoms with Crippen LogP contribution in [-0.2, 0) is 27.9 Å². The zero-order chi connectivity index (χ0) is 17.9. The molecule has 10 heteroatoms. The summed E-state index contributed by atoms with van der Waals surface area (Å²) >= 11 is 0. The lowest BCUT2D eigenvalue weighted by atomic mass is 10.1. The van der Waals surface area contributed by atoms with Crippen LogP contribution in [0.1, 0.15) is 30.6 Å². The van der Waals surface area contributed by atoms with E-state index in [9.17, 15) is 8.42 Å². The van der Waals surface area contributed by atoms with Crippen molar-refractivity contribution in [3.63, 3.8) is 0 Å². The van der Waals surface area contributed by atoms with Gasteiger partial charge in [0.05, 0.1) is 0 Å². The van der Waals surface area contributed by atoms with Gasteiger partial charge in [0.1, 0.15) is 11.5 Å². The van der Waals surface area contributed by atoms with Crippen molar-refractivity contribution in [1.29, 1.82) is 0 Å². The van der Waals surface area contributed by atoms with Gasteiger partial charge >= 0.3 is 0 Å². The molecule has 0 bridgehead atoms. The molecule has 0 N–H and O–H groups in total. The normalized spacial score (nSPS) is 11.8. The van der Waals surface area contributed by atoms with Crippen molar-refractivity contribution in [2.24, 2.45) is 0 Å². The molecule has 0 radical (unpaired) electrons. The number of tetrazole rings is 1.